The number of carbonyl (C=O) groups excluding carboxylic acids is 2. The third kappa shape index (κ3) is 7.79. The Morgan fingerprint density at radius 1 is 0.971 bits per heavy atom. The molecule has 7 heteroatoms. The second kappa shape index (κ2) is 13.8. The van der Waals surface area contributed by atoms with Crippen molar-refractivity contribution in [3.8, 4) is 5.75 Å². The van der Waals surface area contributed by atoms with Crippen LogP contribution in [0.1, 0.15) is 64.4 Å². The highest BCUT2D eigenvalue weighted by Crippen LogP contribution is 2.25. The van der Waals surface area contributed by atoms with Gasteiger partial charge in [-0.15, -0.1) is 0 Å². The lowest BCUT2D eigenvalue weighted by Crippen LogP contribution is -2.38. The largest absolute Gasteiger partial charge is 0.494 e. The Balaban J connectivity index is 1.66. The van der Waals surface area contributed by atoms with Crippen LogP contribution < -0.4 is 10.1 Å². The number of ether oxygens (including phenoxy) is 1. The van der Waals surface area contributed by atoms with Gasteiger partial charge in [-0.3, -0.25) is 14.5 Å². The van der Waals surface area contributed by atoms with Crippen molar-refractivity contribution in [2.45, 2.75) is 71.4 Å². The zero-order chi connectivity index (χ0) is 25.0. The molecule has 0 aromatic heterocycles. The molecule has 6 nitrogen and oxygen atoms in total. The van der Waals surface area contributed by atoms with E-state index >= 15 is 0 Å². The van der Waals surface area contributed by atoms with E-state index in [9.17, 15) is 9.59 Å². The summed E-state index contributed by atoms with van der Waals surface area (Å²) in [7, 11) is 0. The normalized spacial score (nSPS) is 15.5. The van der Waals surface area contributed by atoms with Crippen LogP contribution in [0.5, 0.6) is 5.75 Å². The van der Waals surface area contributed by atoms with Gasteiger partial charge in [-0.2, -0.15) is 0 Å². The van der Waals surface area contributed by atoms with Gasteiger partial charge < -0.3 is 15.0 Å². The first-order valence-electron chi connectivity index (χ1n) is 12.7. The Bertz CT molecular complexity index is 965. The molecule has 1 heterocycles. The molecule has 2 aromatic carbocycles. The standard InChI is InChI=1S/C28H37N3O3S/c1-3-5-6-7-11-18-30-25(27(33)31(28(30)35)21-22-12-9-8-10-13-22)20-26(32)29-23-14-16-24(17-15-23)34-19-4-2/h8-10,12-17,25H,3-7,11,18-21H2,1-2H3,(H,29,32). The highest BCUT2D eigenvalue weighted by atomic mass is 32.1. The topological polar surface area (TPSA) is 61.9 Å². The molecule has 0 saturated carbocycles. The number of anilines is 1. The number of nitrogens with zero attached hydrogens (tertiary/aromatic N) is 2. The predicted molar refractivity (Wildman–Crippen MR) is 144 cm³/mol. The fraction of sp³-hybridized carbons (Fsp3) is 0.464. The van der Waals surface area contributed by atoms with E-state index in [4.69, 9.17) is 17.0 Å². The van der Waals surface area contributed by atoms with Gasteiger partial charge >= 0.3 is 0 Å². The number of unbranched alkanes of at least 4 members (excludes halogenated alkanes) is 4. The van der Waals surface area contributed by atoms with Gasteiger partial charge in [0.05, 0.1) is 19.6 Å². The fourth-order valence-corrected chi connectivity index (χ4v) is 4.56. The van der Waals surface area contributed by atoms with Crippen LogP contribution in [0.3, 0.4) is 0 Å². The minimum absolute atomic E-state index is 0.0628. The van der Waals surface area contributed by atoms with Crippen molar-refractivity contribution < 1.29 is 14.3 Å². The number of rotatable bonds is 14. The molecule has 0 aliphatic carbocycles. The van der Waals surface area contributed by atoms with E-state index in [1.807, 2.05) is 59.5 Å². The first kappa shape index (κ1) is 26.7. The number of amides is 2. The molecule has 1 atom stereocenters. The van der Waals surface area contributed by atoms with Crippen LogP contribution in [0.2, 0.25) is 0 Å². The molecule has 2 amide bonds. The number of benzene rings is 2. The number of carbonyl (C=O) groups is 2. The molecule has 1 fully saturated rings. The lowest BCUT2D eigenvalue weighted by molar-refractivity contribution is -0.131. The summed E-state index contributed by atoms with van der Waals surface area (Å²) in [5.41, 5.74) is 1.70. The zero-order valence-electron chi connectivity index (χ0n) is 20.9. The lowest BCUT2D eigenvalue weighted by Gasteiger charge is -2.24. The van der Waals surface area contributed by atoms with Crippen molar-refractivity contribution in [1.82, 2.24) is 9.80 Å². The third-order valence-corrected chi connectivity index (χ3v) is 6.53. The van der Waals surface area contributed by atoms with Gasteiger partial charge in [0.1, 0.15) is 11.8 Å². The fourth-order valence-electron chi connectivity index (χ4n) is 4.18. The molecule has 3 rings (SSSR count). The van der Waals surface area contributed by atoms with Crippen LogP contribution >= 0.6 is 12.2 Å². The molecule has 1 unspecified atom stereocenters. The summed E-state index contributed by atoms with van der Waals surface area (Å²) < 4.78 is 5.60. The minimum Gasteiger partial charge on any atom is -0.494 e. The first-order chi connectivity index (χ1) is 17.0. The van der Waals surface area contributed by atoms with Crippen molar-refractivity contribution in [3.63, 3.8) is 0 Å². The van der Waals surface area contributed by atoms with Crippen molar-refractivity contribution >= 4 is 34.8 Å². The van der Waals surface area contributed by atoms with E-state index in [1.54, 1.807) is 4.90 Å². The van der Waals surface area contributed by atoms with Crippen LogP contribution in [0.15, 0.2) is 54.6 Å². The maximum Gasteiger partial charge on any atom is 0.252 e. The van der Waals surface area contributed by atoms with Gasteiger partial charge in [0, 0.05) is 12.2 Å². The molecular formula is C28H37N3O3S. The van der Waals surface area contributed by atoms with Gasteiger partial charge in [-0.05, 0) is 54.9 Å². The first-order valence-corrected chi connectivity index (χ1v) is 13.1. The lowest BCUT2D eigenvalue weighted by atomic mass is 10.1. The van der Waals surface area contributed by atoms with E-state index in [1.165, 1.54) is 19.3 Å². The maximum atomic E-state index is 13.4. The quantitative estimate of drug-likeness (QED) is 0.266. The van der Waals surface area contributed by atoms with Crippen molar-refractivity contribution in [1.29, 1.82) is 0 Å². The molecule has 1 aliphatic heterocycles. The molecule has 35 heavy (non-hydrogen) atoms. The number of nitrogens with one attached hydrogen (secondary N) is 1. The minimum atomic E-state index is -0.579. The van der Waals surface area contributed by atoms with E-state index in [-0.39, 0.29) is 18.2 Å². The summed E-state index contributed by atoms with van der Waals surface area (Å²) in [5.74, 6) is 0.462. The maximum absolute atomic E-state index is 13.4. The Labute approximate surface area is 214 Å². The Morgan fingerprint density at radius 3 is 2.37 bits per heavy atom. The monoisotopic (exact) mass is 495 g/mol. The SMILES string of the molecule is CCCCCCCN1C(=S)N(Cc2ccccc2)C(=O)C1CC(=O)Nc1ccc(OCCC)cc1. The molecule has 0 radical (unpaired) electrons. The van der Waals surface area contributed by atoms with Gasteiger partial charge in [0.2, 0.25) is 5.91 Å². The van der Waals surface area contributed by atoms with E-state index in [0.717, 1.165) is 30.6 Å². The number of thiocarbonyl (C=S) groups is 1. The summed E-state index contributed by atoms with van der Waals surface area (Å²) in [4.78, 5) is 29.9. The average molecular weight is 496 g/mol. The second-order valence-corrected chi connectivity index (χ2v) is 9.31. The van der Waals surface area contributed by atoms with Gasteiger partial charge in [0.15, 0.2) is 5.11 Å². The summed E-state index contributed by atoms with van der Waals surface area (Å²) in [5, 5.41) is 3.44. The average Bonchev–Trinajstić information content (AvgIpc) is 3.08. The Hall–Kier alpha value is -2.93. The molecule has 1 aliphatic rings. The van der Waals surface area contributed by atoms with E-state index in [2.05, 4.69) is 19.2 Å². The molecule has 188 valence electrons. The third-order valence-electron chi connectivity index (χ3n) is 6.08. The van der Waals surface area contributed by atoms with Crippen LogP contribution in [-0.4, -0.2) is 45.9 Å². The highest BCUT2D eigenvalue weighted by molar-refractivity contribution is 7.80. The number of hydrogen-bond donors (Lipinski definition) is 1. The smallest absolute Gasteiger partial charge is 0.252 e. The summed E-state index contributed by atoms with van der Waals surface area (Å²) >= 11 is 5.73. The number of hydrogen-bond acceptors (Lipinski definition) is 4. The van der Waals surface area contributed by atoms with Crippen LogP contribution in [0.4, 0.5) is 5.69 Å². The van der Waals surface area contributed by atoms with Crippen molar-refractivity contribution in [3.05, 3.63) is 60.2 Å². The Morgan fingerprint density at radius 2 is 1.69 bits per heavy atom. The second-order valence-electron chi connectivity index (χ2n) is 8.94. The van der Waals surface area contributed by atoms with Crippen molar-refractivity contribution in [2.24, 2.45) is 0 Å². The molecule has 1 saturated heterocycles. The summed E-state index contributed by atoms with van der Waals surface area (Å²) in [6, 6.07) is 16.6. The summed E-state index contributed by atoms with van der Waals surface area (Å²) in [6.07, 6.45) is 6.59. The molecule has 0 bridgehead atoms. The van der Waals surface area contributed by atoms with Crippen molar-refractivity contribution in [2.75, 3.05) is 18.5 Å². The zero-order valence-corrected chi connectivity index (χ0v) is 21.7. The van der Waals surface area contributed by atoms with E-state index < -0.39 is 6.04 Å². The van der Waals surface area contributed by atoms with Crippen LogP contribution in [0.25, 0.3) is 0 Å². The van der Waals surface area contributed by atoms with E-state index in [0.29, 0.717) is 30.5 Å². The van der Waals surface area contributed by atoms with Crippen LogP contribution in [0, 0.1) is 0 Å². The molecule has 0 spiro atoms. The summed E-state index contributed by atoms with van der Waals surface area (Å²) in [6.45, 7) is 6.00. The van der Waals surface area contributed by atoms with Gasteiger partial charge in [0.25, 0.3) is 5.91 Å². The molecular weight excluding hydrogens is 458 g/mol. The highest BCUT2D eigenvalue weighted by Gasteiger charge is 2.42. The molecule has 2 aromatic rings. The predicted octanol–water partition coefficient (Wildman–Crippen LogP) is 5.77. The van der Waals surface area contributed by atoms with Crippen LogP contribution in [-0.2, 0) is 16.1 Å². The Kier molecular flexibility index (Phi) is 10.5. The molecule has 1 N–H and O–H groups in total. The van der Waals surface area contributed by atoms with Gasteiger partial charge in [-0.1, -0.05) is 69.9 Å². The van der Waals surface area contributed by atoms with Gasteiger partial charge in [-0.25, -0.2) is 0 Å².